The van der Waals surface area contributed by atoms with Crippen molar-refractivity contribution in [3.8, 4) is 0 Å². The smallest absolute Gasteiger partial charge is 0.322 e. The number of aromatic nitrogens is 1. The topological polar surface area (TPSA) is 87.5 Å². The molecule has 7 heteroatoms. The number of carbonyl (C=O) groups excluding carboxylic acids is 2. The van der Waals surface area contributed by atoms with Crippen molar-refractivity contribution in [1.82, 2.24) is 10.1 Å². The molecule has 1 aromatic carbocycles. The first-order valence-electron chi connectivity index (χ1n) is 10.3. The summed E-state index contributed by atoms with van der Waals surface area (Å²) in [5.41, 5.74) is 2.90. The second-order valence-corrected chi connectivity index (χ2v) is 8.00. The second-order valence-electron chi connectivity index (χ2n) is 8.00. The van der Waals surface area contributed by atoms with Crippen LogP contribution in [0, 0.1) is 26.7 Å². The molecule has 1 heterocycles. The quantitative estimate of drug-likeness (QED) is 0.741. The zero-order chi connectivity index (χ0) is 20.8. The van der Waals surface area contributed by atoms with E-state index in [0.717, 1.165) is 29.7 Å². The van der Waals surface area contributed by atoms with E-state index in [1.807, 2.05) is 32.0 Å². The first kappa shape index (κ1) is 20.9. The molecule has 0 unspecified atom stereocenters. The molecule has 0 saturated heterocycles. The summed E-state index contributed by atoms with van der Waals surface area (Å²) in [5, 5.41) is 9.46. The molecule has 3 amide bonds. The summed E-state index contributed by atoms with van der Waals surface area (Å²) in [6, 6.07) is 7.29. The molecule has 1 fully saturated rings. The van der Waals surface area contributed by atoms with E-state index in [9.17, 15) is 9.59 Å². The maximum atomic E-state index is 13.0. The Balaban J connectivity index is 1.68. The van der Waals surface area contributed by atoms with Crippen LogP contribution in [0.15, 0.2) is 28.8 Å². The molecule has 0 radical (unpaired) electrons. The SMILES string of the molecule is Cc1ccc(NC(=O)N(CC(=O)Nc2cc(C)on2)CC2CCCCC2)c(C)c1. The van der Waals surface area contributed by atoms with E-state index in [0.29, 0.717) is 24.0 Å². The molecule has 1 aromatic heterocycles. The van der Waals surface area contributed by atoms with Crippen molar-refractivity contribution in [2.75, 3.05) is 23.7 Å². The lowest BCUT2D eigenvalue weighted by atomic mass is 9.89. The lowest BCUT2D eigenvalue weighted by molar-refractivity contribution is -0.116. The number of urea groups is 1. The molecule has 29 heavy (non-hydrogen) atoms. The van der Waals surface area contributed by atoms with E-state index in [-0.39, 0.29) is 18.5 Å². The predicted octanol–water partition coefficient (Wildman–Crippen LogP) is 4.65. The number of hydrogen-bond acceptors (Lipinski definition) is 4. The molecular formula is C22H30N4O3. The fourth-order valence-electron chi connectivity index (χ4n) is 3.83. The summed E-state index contributed by atoms with van der Waals surface area (Å²) in [6.07, 6.45) is 5.80. The van der Waals surface area contributed by atoms with Gasteiger partial charge in [0, 0.05) is 18.3 Å². The minimum Gasteiger partial charge on any atom is -0.360 e. The number of anilines is 2. The fraction of sp³-hybridized carbons (Fsp3) is 0.500. The Morgan fingerprint density at radius 1 is 1.10 bits per heavy atom. The van der Waals surface area contributed by atoms with Gasteiger partial charge in [-0.2, -0.15) is 0 Å². The van der Waals surface area contributed by atoms with Gasteiger partial charge in [-0.1, -0.05) is 42.1 Å². The lowest BCUT2D eigenvalue weighted by Gasteiger charge is -2.29. The van der Waals surface area contributed by atoms with Crippen LogP contribution in [0.1, 0.15) is 49.0 Å². The summed E-state index contributed by atoms with van der Waals surface area (Å²) in [6.45, 7) is 6.29. The summed E-state index contributed by atoms with van der Waals surface area (Å²) in [5.74, 6) is 1.12. The van der Waals surface area contributed by atoms with Crippen molar-refractivity contribution in [2.24, 2.45) is 5.92 Å². The summed E-state index contributed by atoms with van der Waals surface area (Å²) < 4.78 is 4.98. The van der Waals surface area contributed by atoms with E-state index in [1.165, 1.54) is 19.3 Å². The fourth-order valence-corrected chi connectivity index (χ4v) is 3.83. The van der Waals surface area contributed by atoms with E-state index in [4.69, 9.17) is 4.52 Å². The van der Waals surface area contributed by atoms with Crippen LogP contribution in [-0.4, -0.2) is 35.1 Å². The third kappa shape index (κ3) is 6.07. The zero-order valence-electron chi connectivity index (χ0n) is 17.5. The van der Waals surface area contributed by atoms with E-state index in [2.05, 4.69) is 15.8 Å². The van der Waals surface area contributed by atoms with E-state index in [1.54, 1.807) is 17.9 Å². The van der Waals surface area contributed by atoms with Crippen LogP contribution in [0.2, 0.25) is 0 Å². The monoisotopic (exact) mass is 398 g/mol. The van der Waals surface area contributed by atoms with Crippen LogP contribution in [0.5, 0.6) is 0 Å². The summed E-state index contributed by atoms with van der Waals surface area (Å²) in [4.78, 5) is 27.2. The Morgan fingerprint density at radius 3 is 2.52 bits per heavy atom. The van der Waals surface area contributed by atoms with Crippen molar-refractivity contribution in [2.45, 2.75) is 52.9 Å². The number of benzene rings is 1. The van der Waals surface area contributed by atoms with Gasteiger partial charge in [-0.05, 0) is 51.2 Å². The molecule has 1 saturated carbocycles. The van der Waals surface area contributed by atoms with Crippen molar-refractivity contribution in [1.29, 1.82) is 0 Å². The van der Waals surface area contributed by atoms with Gasteiger partial charge in [0.05, 0.1) is 0 Å². The van der Waals surface area contributed by atoms with Crippen molar-refractivity contribution >= 4 is 23.4 Å². The maximum absolute atomic E-state index is 13.0. The highest BCUT2D eigenvalue weighted by molar-refractivity contribution is 5.96. The van der Waals surface area contributed by atoms with Crippen molar-refractivity contribution < 1.29 is 14.1 Å². The third-order valence-electron chi connectivity index (χ3n) is 5.34. The molecule has 2 aromatic rings. The second kappa shape index (κ2) is 9.58. The van der Waals surface area contributed by atoms with Crippen LogP contribution >= 0.6 is 0 Å². The summed E-state index contributed by atoms with van der Waals surface area (Å²) >= 11 is 0. The van der Waals surface area contributed by atoms with Crippen LogP contribution < -0.4 is 10.6 Å². The molecular weight excluding hydrogens is 368 g/mol. The highest BCUT2D eigenvalue weighted by Crippen LogP contribution is 2.25. The van der Waals surface area contributed by atoms with Gasteiger partial charge in [-0.15, -0.1) is 0 Å². The molecule has 0 atom stereocenters. The number of nitrogens with one attached hydrogen (secondary N) is 2. The molecule has 3 rings (SSSR count). The normalized spacial score (nSPS) is 14.4. The number of aryl methyl sites for hydroxylation is 3. The van der Waals surface area contributed by atoms with Crippen LogP contribution in [0.4, 0.5) is 16.3 Å². The van der Waals surface area contributed by atoms with Gasteiger partial charge in [-0.3, -0.25) is 4.79 Å². The Morgan fingerprint density at radius 2 is 1.86 bits per heavy atom. The Kier molecular flexibility index (Phi) is 6.90. The standard InChI is InChI=1S/C22H30N4O3/c1-15-9-10-19(16(2)11-15)23-22(28)26(13-18-7-5-4-6-8-18)14-21(27)24-20-12-17(3)29-25-20/h9-12,18H,4-8,13-14H2,1-3H3,(H,23,28)(H,24,25,27). The van der Waals surface area contributed by atoms with Crippen LogP contribution in [0.3, 0.4) is 0 Å². The Labute approximate surface area is 171 Å². The average Bonchev–Trinajstić information content (AvgIpc) is 3.08. The van der Waals surface area contributed by atoms with Gasteiger partial charge in [0.25, 0.3) is 0 Å². The Bertz CT molecular complexity index is 855. The molecule has 1 aliphatic carbocycles. The number of carbonyl (C=O) groups is 2. The van der Waals surface area contributed by atoms with Crippen molar-refractivity contribution in [3.63, 3.8) is 0 Å². The highest BCUT2D eigenvalue weighted by Gasteiger charge is 2.24. The molecule has 7 nitrogen and oxygen atoms in total. The van der Waals surface area contributed by atoms with Gasteiger partial charge >= 0.3 is 6.03 Å². The first-order chi connectivity index (χ1) is 13.9. The first-order valence-corrected chi connectivity index (χ1v) is 10.3. The number of rotatable bonds is 6. The van der Waals surface area contributed by atoms with Gasteiger partial charge in [0.15, 0.2) is 5.82 Å². The minimum atomic E-state index is -0.287. The molecule has 156 valence electrons. The van der Waals surface area contributed by atoms with Gasteiger partial charge < -0.3 is 20.1 Å². The van der Waals surface area contributed by atoms with E-state index < -0.39 is 0 Å². The van der Waals surface area contributed by atoms with Gasteiger partial charge in [0.2, 0.25) is 5.91 Å². The van der Waals surface area contributed by atoms with Gasteiger partial charge in [0.1, 0.15) is 12.3 Å². The third-order valence-corrected chi connectivity index (χ3v) is 5.34. The average molecular weight is 399 g/mol. The number of amides is 3. The predicted molar refractivity (Wildman–Crippen MR) is 113 cm³/mol. The zero-order valence-corrected chi connectivity index (χ0v) is 17.5. The number of hydrogen-bond donors (Lipinski definition) is 2. The Hall–Kier alpha value is -2.83. The molecule has 0 aliphatic heterocycles. The van der Waals surface area contributed by atoms with E-state index >= 15 is 0 Å². The van der Waals surface area contributed by atoms with Crippen LogP contribution in [0.25, 0.3) is 0 Å². The maximum Gasteiger partial charge on any atom is 0.322 e. The molecule has 0 spiro atoms. The van der Waals surface area contributed by atoms with Crippen LogP contribution in [-0.2, 0) is 4.79 Å². The molecule has 2 N–H and O–H groups in total. The highest BCUT2D eigenvalue weighted by atomic mass is 16.5. The molecule has 0 bridgehead atoms. The minimum absolute atomic E-state index is 0.0286. The lowest BCUT2D eigenvalue weighted by Crippen LogP contribution is -2.43. The largest absolute Gasteiger partial charge is 0.360 e. The van der Waals surface area contributed by atoms with Gasteiger partial charge in [-0.25, -0.2) is 4.79 Å². The molecule has 1 aliphatic rings. The number of nitrogens with zero attached hydrogens (tertiary/aromatic N) is 2. The summed E-state index contributed by atoms with van der Waals surface area (Å²) in [7, 11) is 0. The van der Waals surface area contributed by atoms with Crippen molar-refractivity contribution in [3.05, 3.63) is 41.2 Å².